The molecule has 1 amide bonds. The maximum absolute atomic E-state index is 11.6. The summed E-state index contributed by atoms with van der Waals surface area (Å²) in [7, 11) is 0. The van der Waals surface area contributed by atoms with Gasteiger partial charge in [-0.25, -0.2) is 0 Å². The van der Waals surface area contributed by atoms with Gasteiger partial charge in [-0.15, -0.1) is 0 Å². The van der Waals surface area contributed by atoms with E-state index in [1.807, 2.05) is 6.07 Å². The Kier molecular flexibility index (Phi) is 5.39. The fourth-order valence-electron chi connectivity index (χ4n) is 1.71. The number of benzene rings is 1. The molecule has 0 spiro atoms. The van der Waals surface area contributed by atoms with Crippen molar-refractivity contribution in [3.8, 4) is 0 Å². The molecule has 88 valence electrons. The lowest BCUT2D eigenvalue weighted by atomic mass is 10.0. The van der Waals surface area contributed by atoms with Gasteiger partial charge in [-0.2, -0.15) is 12.6 Å². The second-order valence-corrected chi connectivity index (χ2v) is 4.13. The zero-order valence-corrected chi connectivity index (χ0v) is 10.8. The number of anilines is 1. The van der Waals surface area contributed by atoms with Gasteiger partial charge in [-0.1, -0.05) is 32.0 Å². The van der Waals surface area contributed by atoms with Gasteiger partial charge in [0, 0.05) is 12.1 Å². The molecule has 0 bridgehead atoms. The average molecular weight is 237 g/mol. The van der Waals surface area contributed by atoms with Gasteiger partial charge in [0.25, 0.3) is 0 Å². The second-order valence-electron chi connectivity index (χ2n) is 3.68. The number of hydrogen-bond donors (Lipinski definition) is 2. The Balaban J connectivity index is 2.95. The molecule has 0 saturated heterocycles. The van der Waals surface area contributed by atoms with Gasteiger partial charge in [-0.3, -0.25) is 4.79 Å². The number of hydrogen-bond acceptors (Lipinski definition) is 2. The maximum atomic E-state index is 11.6. The van der Waals surface area contributed by atoms with Crippen LogP contribution in [0.1, 0.15) is 31.4 Å². The monoisotopic (exact) mass is 237 g/mol. The van der Waals surface area contributed by atoms with Crippen LogP contribution in [0, 0.1) is 0 Å². The number of carbonyl (C=O) groups is 1. The molecule has 1 rings (SSSR count). The molecular formula is C13H19NOS. The predicted octanol–water partition coefficient (Wildman–Crippen LogP) is 3.07. The Bertz CT molecular complexity index is 341. The molecule has 0 atom stereocenters. The first kappa shape index (κ1) is 13.1. The summed E-state index contributed by atoms with van der Waals surface area (Å²) >= 11 is 4.06. The number of aryl methyl sites for hydroxylation is 2. The lowest BCUT2D eigenvalue weighted by Crippen LogP contribution is -2.14. The van der Waals surface area contributed by atoms with Crippen molar-refractivity contribution < 1.29 is 4.79 Å². The highest BCUT2D eigenvalue weighted by Crippen LogP contribution is 2.22. The molecule has 0 aliphatic carbocycles. The third kappa shape index (κ3) is 3.27. The molecule has 0 radical (unpaired) electrons. The van der Waals surface area contributed by atoms with Gasteiger partial charge >= 0.3 is 0 Å². The number of amides is 1. The highest BCUT2D eigenvalue weighted by atomic mass is 32.1. The van der Waals surface area contributed by atoms with Crippen LogP contribution in [0.2, 0.25) is 0 Å². The third-order valence-corrected chi connectivity index (χ3v) is 2.83. The van der Waals surface area contributed by atoms with E-state index in [0.717, 1.165) is 18.5 Å². The maximum Gasteiger partial charge on any atom is 0.225 e. The van der Waals surface area contributed by atoms with E-state index in [4.69, 9.17) is 0 Å². The molecule has 0 saturated carbocycles. The number of rotatable bonds is 5. The van der Waals surface area contributed by atoms with Crippen molar-refractivity contribution in [1.82, 2.24) is 0 Å². The molecule has 0 aliphatic heterocycles. The fraction of sp³-hybridized carbons (Fsp3) is 0.462. The fourth-order valence-corrected chi connectivity index (χ4v) is 1.91. The molecule has 2 nitrogen and oxygen atoms in total. The van der Waals surface area contributed by atoms with Gasteiger partial charge in [0.15, 0.2) is 0 Å². The zero-order valence-electron chi connectivity index (χ0n) is 9.92. The summed E-state index contributed by atoms with van der Waals surface area (Å²) in [4.78, 5) is 11.6. The lowest BCUT2D eigenvalue weighted by molar-refractivity contribution is -0.115. The summed E-state index contributed by atoms with van der Waals surface area (Å²) in [6, 6.07) is 6.18. The second kappa shape index (κ2) is 6.59. The molecule has 1 aromatic carbocycles. The SMILES string of the molecule is CCc1cccc(CC)c1NC(=O)CCS. The van der Waals surface area contributed by atoms with Gasteiger partial charge < -0.3 is 5.32 Å². The molecule has 0 fully saturated rings. The Hall–Kier alpha value is -0.960. The van der Waals surface area contributed by atoms with Crippen molar-refractivity contribution in [3.63, 3.8) is 0 Å². The van der Waals surface area contributed by atoms with Gasteiger partial charge in [0.05, 0.1) is 0 Å². The van der Waals surface area contributed by atoms with Gasteiger partial charge in [0.1, 0.15) is 0 Å². The van der Waals surface area contributed by atoms with Gasteiger partial charge in [-0.05, 0) is 29.7 Å². The van der Waals surface area contributed by atoms with E-state index >= 15 is 0 Å². The van der Waals surface area contributed by atoms with Crippen LogP contribution in [-0.2, 0) is 17.6 Å². The smallest absolute Gasteiger partial charge is 0.225 e. The van der Waals surface area contributed by atoms with E-state index in [1.54, 1.807) is 0 Å². The van der Waals surface area contributed by atoms with Crippen LogP contribution in [0.15, 0.2) is 18.2 Å². The average Bonchev–Trinajstić information content (AvgIpc) is 2.29. The van der Waals surface area contributed by atoms with Crippen LogP contribution in [0.4, 0.5) is 5.69 Å². The van der Waals surface area contributed by atoms with Crippen LogP contribution in [-0.4, -0.2) is 11.7 Å². The standard InChI is InChI=1S/C13H19NOS/c1-3-10-6-5-7-11(4-2)13(10)14-12(15)8-9-16/h5-7,16H,3-4,8-9H2,1-2H3,(H,14,15). The minimum Gasteiger partial charge on any atom is -0.326 e. The third-order valence-electron chi connectivity index (χ3n) is 2.60. The van der Waals surface area contributed by atoms with Crippen LogP contribution >= 0.6 is 12.6 Å². The van der Waals surface area contributed by atoms with Crippen molar-refractivity contribution in [1.29, 1.82) is 0 Å². The van der Waals surface area contributed by atoms with Crippen molar-refractivity contribution >= 4 is 24.2 Å². The predicted molar refractivity (Wildman–Crippen MR) is 72.3 cm³/mol. The summed E-state index contributed by atoms with van der Waals surface area (Å²) in [5.74, 6) is 0.632. The molecule has 1 N–H and O–H groups in total. The first-order chi connectivity index (χ1) is 7.72. The van der Waals surface area contributed by atoms with Crippen LogP contribution < -0.4 is 5.32 Å². The lowest BCUT2D eigenvalue weighted by Gasteiger charge is -2.13. The number of thiol groups is 1. The summed E-state index contributed by atoms with van der Waals surface area (Å²) < 4.78 is 0. The quantitative estimate of drug-likeness (QED) is 0.757. The topological polar surface area (TPSA) is 29.1 Å². The molecule has 16 heavy (non-hydrogen) atoms. The van der Waals surface area contributed by atoms with Crippen LogP contribution in [0.3, 0.4) is 0 Å². The van der Waals surface area contributed by atoms with E-state index in [2.05, 4.69) is 43.9 Å². The molecule has 0 aliphatic rings. The van der Waals surface area contributed by atoms with Crippen molar-refractivity contribution in [2.75, 3.05) is 11.1 Å². The van der Waals surface area contributed by atoms with Crippen LogP contribution in [0.25, 0.3) is 0 Å². The molecule has 1 aromatic rings. The normalized spacial score (nSPS) is 10.2. The Morgan fingerprint density at radius 3 is 2.25 bits per heavy atom. The van der Waals surface area contributed by atoms with Crippen LogP contribution in [0.5, 0.6) is 0 Å². The highest BCUT2D eigenvalue weighted by Gasteiger charge is 2.08. The van der Waals surface area contributed by atoms with Crippen molar-refractivity contribution in [2.45, 2.75) is 33.1 Å². The molecule has 0 aromatic heterocycles. The summed E-state index contributed by atoms with van der Waals surface area (Å²) in [5, 5.41) is 2.99. The molecule has 3 heteroatoms. The van der Waals surface area contributed by atoms with E-state index in [0.29, 0.717) is 12.2 Å². The van der Waals surface area contributed by atoms with Gasteiger partial charge in [0.2, 0.25) is 5.91 Å². The molecule has 0 heterocycles. The highest BCUT2D eigenvalue weighted by molar-refractivity contribution is 7.80. The summed E-state index contributed by atoms with van der Waals surface area (Å²) in [6.45, 7) is 4.20. The van der Waals surface area contributed by atoms with Crippen molar-refractivity contribution in [3.05, 3.63) is 29.3 Å². The van der Waals surface area contributed by atoms with Crippen molar-refractivity contribution in [2.24, 2.45) is 0 Å². The minimum absolute atomic E-state index is 0.0469. The number of carbonyl (C=O) groups excluding carboxylic acids is 1. The zero-order chi connectivity index (χ0) is 12.0. The summed E-state index contributed by atoms with van der Waals surface area (Å²) in [5.41, 5.74) is 3.40. The Morgan fingerprint density at radius 1 is 1.25 bits per heavy atom. The largest absolute Gasteiger partial charge is 0.326 e. The van der Waals surface area contributed by atoms with E-state index in [-0.39, 0.29) is 5.91 Å². The molecule has 0 unspecified atom stereocenters. The first-order valence-corrected chi connectivity index (χ1v) is 6.37. The number of para-hydroxylation sites is 1. The summed E-state index contributed by atoms with van der Waals surface area (Å²) in [6.07, 6.45) is 2.33. The minimum atomic E-state index is 0.0469. The van der Waals surface area contributed by atoms with E-state index in [1.165, 1.54) is 11.1 Å². The van der Waals surface area contributed by atoms with E-state index < -0.39 is 0 Å². The first-order valence-electron chi connectivity index (χ1n) is 5.74. The molecular weight excluding hydrogens is 218 g/mol. The number of nitrogens with one attached hydrogen (secondary N) is 1. The van der Waals surface area contributed by atoms with E-state index in [9.17, 15) is 4.79 Å². The Morgan fingerprint density at radius 2 is 1.81 bits per heavy atom. The Labute approximate surface area is 103 Å².